The van der Waals surface area contributed by atoms with E-state index in [1.54, 1.807) is 12.1 Å². The van der Waals surface area contributed by atoms with E-state index in [0.29, 0.717) is 0 Å². The van der Waals surface area contributed by atoms with Crippen LogP contribution in [0.1, 0.15) is 30.4 Å². The molecule has 0 aliphatic heterocycles. The maximum Gasteiger partial charge on any atom is 0.123 e. The second-order valence-corrected chi connectivity index (χ2v) is 4.50. The average Bonchev–Trinajstić information content (AvgIpc) is 2.80. The van der Waals surface area contributed by atoms with Gasteiger partial charge in [0.1, 0.15) is 5.82 Å². The van der Waals surface area contributed by atoms with Crippen LogP contribution in [0, 0.1) is 12.7 Å². The fourth-order valence-electron chi connectivity index (χ4n) is 1.76. The zero-order valence-electron chi connectivity index (χ0n) is 8.52. The van der Waals surface area contributed by atoms with Gasteiger partial charge in [-0.2, -0.15) is 0 Å². The van der Waals surface area contributed by atoms with Gasteiger partial charge in [-0.05, 0) is 55.9 Å². The zero-order valence-corrected chi connectivity index (χ0v) is 8.52. The summed E-state index contributed by atoms with van der Waals surface area (Å²) in [4.78, 5) is 0. The molecular weight excluding hydrogens is 177 g/mol. The zero-order chi connectivity index (χ0) is 10.2. The highest BCUT2D eigenvalue weighted by Crippen LogP contribution is 2.36. The second kappa shape index (κ2) is 3.35. The SMILES string of the molecule is Cc1cc(F)cc(CCC2(N)CC2)c1. The first kappa shape index (κ1) is 9.66. The highest BCUT2D eigenvalue weighted by atomic mass is 19.1. The molecule has 0 amide bonds. The third-order valence-corrected chi connectivity index (χ3v) is 2.91. The normalized spacial score (nSPS) is 18.2. The minimum absolute atomic E-state index is 0.0697. The van der Waals surface area contributed by atoms with Gasteiger partial charge < -0.3 is 5.73 Å². The molecule has 0 radical (unpaired) electrons. The lowest BCUT2D eigenvalue weighted by atomic mass is 10.0. The third-order valence-electron chi connectivity index (χ3n) is 2.91. The van der Waals surface area contributed by atoms with Crippen molar-refractivity contribution >= 4 is 0 Å². The third kappa shape index (κ3) is 2.32. The average molecular weight is 193 g/mol. The molecule has 1 saturated carbocycles. The number of aryl methyl sites for hydroxylation is 2. The standard InChI is InChI=1S/C12H16FN/c1-9-6-10(8-11(13)7-9)2-3-12(14)4-5-12/h6-8H,2-5,14H2,1H3. The van der Waals surface area contributed by atoms with E-state index < -0.39 is 0 Å². The van der Waals surface area contributed by atoms with Gasteiger partial charge in [0.15, 0.2) is 0 Å². The topological polar surface area (TPSA) is 26.0 Å². The number of hydrogen-bond acceptors (Lipinski definition) is 1. The lowest BCUT2D eigenvalue weighted by Gasteiger charge is -2.08. The van der Waals surface area contributed by atoms with E-state index in [4.69, 9.17) is 5.73 Å². The summed E-state index contributed by atoms with van der Waals surface area (Å²) in [5.41, 5.74) is 8.10. The van der Waals surface area contributed by atoms with Crippen LogP contribution < -0.4 is 5.73 Å². The van der Waals surface area contributed by atoms with E-state index in [0.717, 1.165) is 36.8 Å². The van der Waals surface area contributed by atoms with Gasteiger partial charge in [0.25, 0.3) is 0 Å². The Kier molecular flexibility index (Phi) is 2.31. The van der Waals surface area contributed by atoms with Crippen molar-refractivity contribution in [2.75, 3.05) is 0 Å². The van der Waals surface area contributed by atoms with Crippen molar-refractivity contribution in [1.82, 2.24) is 0 Å². The molecule has 2 heteroatoms. The first-order valence-corrected chi connectivity index (χ1v) is 5.12. The Hall–Kier alpha value is -0.890. The molecular formula is C12H16FN. The van der Waals surface area contributed by atoms with Crippen molar-refractivity contribution in [3.8, 4) is 0 Å². The summed E-state index contributed by atoms with van der Waals surface area (Å²) < 4.78 is 13.0. The Morgan fingerprint density at radius 3 is 2.64 bits per heavy atom. The Morgan fingerprint density at radius 1 is 1.36 bits per heavy atom. The maximum atomic E-state index is 13.0. The summed E-state index contributed by atoms with van der Waals surface area (Å²) in [6.45, 7) is 1.92. The van der Waals surface area contributed by atoms with Gasteiger partial charge in [-0.1, -0.05) is 6.07 Å². The number of benzene rings is 1. The summed E-state index contributed by atoms with van der Waals surface area (Å²) in [6.07, 6.45) is 4.13. The molecule has 0 heterocycles. The molecule has 1 aliphatic rings. The van der Waals surface area contributed by atoms with Crippen LogP contribution in [0.25, 0.3) is 0 Å². The van der Waals surface area contributed by atoms with Gasteiger partial charge in [0.2, 0.25) is 0 Å². The largest absolute Gasteiger partial charge is 0.325 e. The molecule has 1 aliphatic carbocycles. The molecule has 0 unspecified atom stereocenters. The van der Waals surface area contributed by atoms with E-state index in [1.165, 1.54) is 0 Å². The van der Waals surface area contributed by atoms with Crippen molar-refractivity contribution in [2.45, 2.75) is 38.1 Å². The van der Waals surface area contributed by atoms with Crippen LogP contribution in [-0.4, -0.2) is 5.54 Å². The van der Waals surface area contributed by atoms with Gasteiger partial charge in [0.05, 0.1) is 0 Å². The number of halogens is 1. The summed E-state index contributed by atoms with van der Waals surface area (Å²) in [5.74, 6) is -0.137. The molecule has 14 heavy (non-hydrogen) atoms. The Morgan fingerprint density at radius 2 is 2.07 bits per heavy atom. The minimum atomic E-state index is -0.137. The summed E-state index contributed by atoms with van der Waals surface area (Å²) >= 11 is 0. The van der Waals surface area contributed by atoms with Crippen LogP contribution in [0.2, 0.25) is 0 Å². The van der Waals surface area contributed by atoms with Crippen molar-refractivity contribution in [3.63, 3.8) is 0 Å². The molecule has 1 aromatic carbocycles. The van der Waals surface area contributed by atoms with Gasteiger partial charge in [-0.15, -0.1) is 0 Å². The lowest BCUT2D eigenvalue weighted by Crippen LogP contribution is -2.22. The van der Waals surface area contributed by atoms with E-state index in [1.807, 2.05) is 13.0 Å². The summed E-state index contributed by atoms with van der Waals surface area (Å²) in [6, 6.07) is 5.20. The van der Waals surface area contributed by atoms with Crippen molar-refractivity contribution < 1.29 is 4.39 Å². The second-order valence-electron chi connectivity index (χ2n) is 4.50. The number of hydrogen-bond donors (Lipinski definition) is 1. The molecule has 0 atom stereocenters. The van der Waals surface area contributed by atoms with E-state index in [-0.39, 0.29) is 11.4 Å². The van der Waals surface area contributed by atoms with Crippen LogP contribution in [0.15, 0.2) is 18.2 Å². The number of nitrogens with two attached hydrogens (primary N) is 1. The van der Waals surface area contributed by atoms with E-state index in [2.05, 4.69) is 0 Å². The van der Waals surface area contributed by atoms with Crippen LogP contribution in [-0.2, 0) is 6.42 Å². The highest BCUT2D eigenvalue weighted by Gasteiger charge is 2.37. The smallest absolute Gasteiger partial charge is 0.123 e. The molecule has 1 fully saturated rings. The fourth-order valence-corrected chi connectivity index (χ4v) is 1.76. The van der Waals surface area contributed by atoms with Crippen LogP contribution in [0.5, 0.6) is 0 Å². The van der Waals surface area contributed by atoms with Gasteiger partial charge >= 0.3 is 0 Å². The molecule has 1 nitrogen and oxygen atoms in total. The lowest BCUT2D eigenvalue weighted by molar-refractivity contribution is 0.598. The summed E-state index contributed by atoms with van der Waals surface area (Å²) in [7, 11) is 0. The van der Waals surface area contributed by atoms with Crippen molar-refractivity contribution in [2.24, 2.45) is 5.73 Å². The number of rotatable bonds is 3. The van der Waals surface area contributed by atoms with Crippen molar-refractivity contribution in [3.05, 3.63) is 35.1 Å². The van der Waals surface area contributed by atoms with Crippen LogP contribution in [0.4, 0.5) is 4.39 Å². The Labute approximate surface area is 84.1 Å². The van der Waals surface area contributed by atoms with Crippen LogP contribution >= 0.6 is 0 Å². The molecule has 0 saturated heterocycles. The van der Waals surface area contributed by atoms with Gasteiger partial charge in [0, 0.05) is 5.54 Å². The molecule has 0 bridgehead atoms. The quantitative estimate of drug-likeness (QED) is 0.784. The van der Waals surface area contributed by atoms with E-state index >= 15 is 0 Å². The molecule has 0 aromatic heterocycles. The van der Waals surface area contributed by atoms with Gasteiger partial charge in [-0.3, -0.25) is 0 Å². The highest BCUT2D eigenvalue weighted by molar-refractivity contribution is 5.24. The Balaban J connectivity index is 2.01. The van der Waals surface area contributed by atoms with Crippen molar-refractivity contribution in [1.29, 1.82) is 0 Å². The predicted molar refractivity (Wildman–Crippen MR) is 55.6 cm³/mol. The Bertz CT molecular complexity index is 322. The monoisotopic (exact) mass is 193 g/mol. The molecule has 76 valence electrons. The maximum absolute atomic E-state index is 13.0. The molecule has 2 N–H and O–H groups in total. The molecule has 1 aromatic rings. The predicted octanol–water partition coefficient (Wildman–Crippen LogP) is 2.56. The molecule has 2 rings (SSSR count). The first-order valence-electron chi connectivity index (χ1n) is 5.12. The van der Waals surface area contributed by atoms with Gasteiger partial charge in [-0.25, -0.2) is 4.39 Å². The fraction of sp³-hybridized carbons (Fsp3) is 0.500. The summed E-state index contributed by atoms with van der Waals surface area (Å²) in [5, 5.41) is 0. The first-order chi connectivity index (χ1) is 6.57. The molecule has 0 spiro atoms. The minimum Gasteiger partial charge on any atom is -0.325 e. The van der Waals surface area contributed by atoms with Crippen LogP contribution in [0.3, 0.4) is 0 Å². The van der Waals surface area contributed by atoms with E-state index in [9.17, 15) is 4.39 Å².